The summed E-state index contributed by atoms with van der Waals surface area (Å²) in [6.45, 7) is 0. The summed E-state index contributed by atoms with van der Waals surface area (Å²) in [5.74, 6) is 0.0467. The molecule has 0 aliphatic carbocycles. The number of methoxy groups -OCH3 is 1. The Labute approximate surface area is 115 Å². The topological polar surface area (TPSA) is 66.9 Å². The minimum Gasteiger partial charge on any atom is -0.497 e. The monoisotopic (exact) mass is 274 g/mol. The average Bonchev–Trinajstić information content (AvgIpc) is 2.72. The maximum atomic E-state index is 12.3. The second-order valence-electron chi connectivity index (χ2n) is 4.83. The Bertz CT molecular complexity index is 581. The molecular weight excluding hydrogens is 260 g/mol. The van der Waals surface area contributed by atoms with E-state index in [4.69, 9.17) is 4.74 Å². The Morgan fingerprint density at radius 1 is 1.15 bits per heavy atom. The molecule has 2 saturated heterocycles. The summed E-state index contributed by atoms with van der Waals surface area (Å²) in [4.78, 5) is 38.6. The largest absolute Gasteiger partial charge is 0.497 e. The Balaban J connectivity index is 1.95. The highest BCUT2D eigenvalue weighted by atomic mass is 16.5. The lowest BCUT2D eigenvalue weighted by Crippen LogP contribution is -2.43. The molecule has 0 spiro atoms. The van der Waals surface area contributed by atoms with Crippen LogP contribution in [0.1, 0.15) is 19.3 Å². The fraction of sp³-hybridized carbons (Fsp3) is 0.357. The Kier molecular flexibility index (Phi) is 2.93. The van der Waals surface area contributed by atoms with Crippen molar-refractivity contribution in [2.24, 2.45) is 0 Å². The minimum absolute atomic E-state index is 0.268. The molecule has 2 aliphatic heterocycles. The van der Waals surface area contributed by atoms with Crippen LogP contribution in [0.3, 0.4) is 0 Å². The second-order valence-corrected chi connectivity index (χ2v) is 4.83. The lowest BCUT2D eigenvalue weighted by molar-refractivity contribution is -0.135. The molecule has 1 aromatic rings. The Hall–Kier alpha value is -2.37. The van der Waals surface area contributed by atoms with E-state index in [0.29, 0.717) is 30.7 Å². The van der Waals surface area contributed by atoms with E-state index in [1.165, 1.54) is 0 Å². The van der Waals surface area contributed by atoms with Crippen LogP contribution in [0.25, 0.3) is 0 Å². The van der Waals surface area contributed by atoms with Crippen molar-refractivity contribution in [2.45, 2.75) is 25.3 Å². The van der Waals surface area contributed by atoms with E-state index >= 15 is 0 Å². The van der Waals surface area contributed by atoms with Gasteiger partial charge in [0.2, 0.25) is 5.91 Å². The summed E-state index contributed by atoms with van der Waals surface area (Å²) in [5.41, 5.74) is 0.461. The molecule has 2 heterocycles. The lowest BCUT2D eigenvalue weighted by atomic mass is 10.0. The van der Waals surface area contributed by atoms with E-state index in [1.54, 1.807) is 31.4 Å². The predicted molar refractivity (Wildman–Crippen MR) is 70.4 cm³/mol. The summed E-state index contributed by atoms with van der Waals surface area (Å²) in [7, 11) is 1.54. The van der Waals surface area contributed by atoms with E-state index < -0.39 is 12.1 Å². The van der Waals surface area contributed by atoms with Crippen LogP contribution < -0.4 is 9.64 Å². The number of piperidine rings is 1. The zero-order chi connectivity index (χ0) is 14.3. The van der Waals surface area contributed by atoms with Crippen LogP contribution in [-0.4, -0.2) is 35.9 Å². The third-order valence-corrected chi connectivity index (χ3v) is 3.68. The number of hydrogen-bond acceptors (Lipinski definition) is 4. The molecule has 0 bridgehead atoms. The first kappa shape index (κ1) is 12.7. The lowest BCUT2D eigenvalue weighted by Gasteiger charge is -2.24. The molecule has 104 valence electrons. The molecule has 2 fully saturated rings. The molecule has 20 heavy (non-hydrogen) atoms. The number of benzene rings is 1. The highest BCUT2D eigenvalue weighted by Gasteiger charge is 2.50. The molecule has 0 radical (unpaired) electrons. The summed E-state index contributed by atoms with van der Waals surface area (Å²) >= 11 is 0. The van der Waals surface area contributed by atoms with Crippen LogP contribution in [0.2, 0.25) is 0 Å². The maximum absolute atomic E-state index is 12.3. The number of carbonyl (C=O) groups excluding carboxylic acids is 3. The van der Waals surface area contributed by atoms with Crippen molar-refractivity contribution < 1.29 is 19.1 Å². The highest BCUT2D eigenvalue weighted by molar-refractivity contribution is 6.25. The summed E-state index contributed by atoms with van der Waals surface area (Å²) in [5, 5.41) is 0. The number of rotatable bonds is 2. The molecule has 1 aromatic carbocycles. The number of nitrogens with zero attached hydrogens (tertiary/aromatic N) is 2. The van der Waals surface area contributed by atoms with Crippen LogP contribution in [0, 0.1) is 0 Å². The van der Waals surface area contributed by atoms with Crippen molar-refractivity contribution in [1.29, 1.82) is 0 Å². The van der Waals surface area contributed by atoms with Crippen molar-refractivity contribution in [3.63, 3.8) is 0 Å². The van der Waals surface area contributed by atoms with Crippen molar-refractivity contribution in [1.82, 2.24) is 4.90 Å². The van der Waals surface area contributed by atoms with Crippen molar-refractivity contribution >= 4 is 23.5 Å². The third-order valence-electron chi connectivity index (χ3n) is 3.68. The summed E-state index contributed by atoms with van der Waals surface area (Å²) in [6, 6.07) is 5.44. The minimum atomic E-state index is -0.633. The van der Waals surface area contributed by atoms with Gasteiger partial charge < -0.3 is 4.74 Å². The van der Waals surface area contributed by atoms with Crippen molar-refractivity contribution in [3.8, 4) is 5.75 Å². The van der Waals surface area contributed by atoms with Gasteiger partial charge in [-0.25, -0.2) is 9.69 Å². The van der Waals surface area contributed by atoms with Gasteiger partial charge in [-0.05, 0) is 37.1 Å². The van der Waals surface area contributed by atoms with E-state index in [2.05, 4.69) is 0 Å². The molecule has 1 unspecified atom stereocenters. The van der Waals surface area contributed by atoms with Crippen molar-refractivity contribution in [3.05, 3.63) is 24.3 Å². The molecule has 4 amide bonds. The number of ether oxygens (including phenoxy) is 1. The van der Waals surface area contributed by atoms with Gasteiger partial charge in [-0.1, -0.05) is 0 Å². The molecular formula is C14H14N2O4. The number of fused-ring (bicyclic) bond motifs is 1. The highest BCUT2D eigenvalue weighted by Crippen LogP contribution is 2.31. The van der Waals surface area contributed by atoms with Gasteiger partial charge in [0, 0.05) is 6.42 Å². The number of urea groups is 1. The normalized spacial score (nSPS) is 22.2. The van der Waals surface area contributed by atoms with Crippen LogP contribution >= 0.6 is 0 Å². The first-order valence-corrected chi connectivity index (χ1v) is 6.47. The number of imide groups is 2. The van der Waals surface area contributed by atoms with Crippen LogP contribution in [0.4, 0.5) is 10.5 Å². The Morgan fingerprint density at radius 3 is 2.45 bits per heavy atom. The van der Waals surface area contributed by atoms with Crippen LogP contribution in [0.15, 0.2) is 24.3 Å². The third kappa shape index (κ3) is 1.76. The van der Waals surface area contributed by atoms with Gasteiger partial charge in [0.1, 0.15) is 11.8 Å². The number of carbonyl (C=O) groups is 3. The summed E-state index contributed by atoms with van der Waals surface area (Å²) < 4.78 is 5.04. The zero-order valence-corrected chi connectivity index (χ0v) is 11.0. The van der Waals surface area contributed by atoms with Crippen LogP contribution in [0.5, 0.6) is 5.75 Å². The second kappa shape index (κ2) is 4.63. The predicted octanol–water partition coefficient (Wildman–Crippen LogP) is 1.54. The average molecular weight is 274 g/mol. The van der Waals surface area contributed by atoms with Crippen LogP contribution in [-0.2, 0) is 9.59 Å². The van der Waals surface area contributed by atoms with Gasteiger partial charge in [0.25, 0.3) is 5.91 Å². The van der Waals surface area contributed by atoms with Gasteiger partial charge in [-0.15, -0.1) is 0 Å². The molecule has 6 nitrogen and oxygen atoms in total. The molecule has 1 atom stereocenters. The smallest absolute Gasteiger partial charge is 0.338 e. The molecule has 2 aliphatic rings. The van der Waals surface area contributed by atoms with Gasteiger partial charge in [0.15, 0.2) is 0 Å². The zero-order valence-electron chi connectivity index (χ0n) is 11.0. The van der Waals surface area contributed by atoms with Gasteiger partial charge in [0.05, 0.1) is 12.8 Å². The molecule has 3 rings (SSSR count). The van der Waals surface area contributed by atoms with E-state index in [9.17, 15) is 14.4 Å². The number of anilines is 1. The van der Waals surface area contributed by atoms with E-state index in [1.807, 2.05) is 0 Å². The fourth-order valence-corrected chi connectivity index (χ4v) is 2.66. The van der Waals surface area contributed by atoms with Gasteiger partial charge >= 0.3 is 6.03 Å². The molecule has 6 heteroatoms. The van der Waals surface area contributed by atoms with Crippen molar-refractivity contribution in [2.75, 3.05) is 12.0 Å². The van der Waals surface area contributed by atoms with E-state index in [0.717, 1.165) is 9.80 Å². The number of hydrogen-bond donors (Lipinski definition) is 0. The summed E-state index contributed by atoms with van der Waals surface area (Å²) in [6.07, 6.45) is 1.52. The quantitative estimate of drug-likeness (QED) is 0.767. The molecule has 0 aromatic heterocycles. The first-order chi connectivity index (χ1) is 9.63. The SMILES string of the molecule is COc1ccc(N2C(=O)C3CCCC(=O)N3C2=O)cc1. The maximum Gasteiger partial charge on any atom is 0.338 e. The van der Waals surface area contributed by atoms with Gasteiger partial charge in [-0.2, -0.15) is 0 Å². The standard InChI is InChI=1S/C14H14N2O4/c1-20-10-7-5-9(6-8-10)15-13(18)11-3-2-4-12(17)16(11)14(15)19/h5-8,11H,2-4H2,1H3. The van der Waals surface area contributed by atoms with Gasteiger partial charge in [-0.3, -0.25) is 14.5 Å². The molecule has 0 saturated carbocycles. The number of amides is 4. The molecule has 0 N–H and O–H groups in total. The Morgan fingerprint density at radius 2 is 1.85 bits per heavy atom. The fourth-order valence-electron chi connectivity index (χ4n) is 2.66. The van der Waals surface area contributed by atoms with E-state index in [-0.39, 0.29) is 11.8 Å². The first-order valence-electron chi connectivity index (χ1n) is 6.47.